The van der Waals surface area contributed by atoms with E-state index in [2.05, 4.69) is 10.6 Å². The second-order valence-electron chi connectivity index (χ2n) is 13.1. The number of halogens is 3. The van der Waals surface area contributed by atoms with E-state index in [1.165, 1.54) is 25.7 Å². The van der Waals surface area contributed by atoms with Gasteiger partial charge in [0.15, 0.2) is 0 Å². The molecule has 9 nitrogen and oxygen atoms in total. The Morgan fingerprint density at radius 1 is 1.16 bits per heavy atom. The van der Waals surface area contributed by atoms with Crippen molar-refractivity contribution in [2.24, 2.45) is 28.6 Å². The van der Waals surface area contributed by atoms with Crippen LogP contribution in [-0.4, -0.2) is 64.9 Å². The number of fused-ring (bicyclic) bond motifs is 1. The van der Waals surface area contributed by atoms with Crippen molar-refractivity contribution in [3.63, 3.8) is 0 Å². The Labute approximate surface area is 220 Å². The first-order valence-electron chi connectivity index (χ1n) is 13.1. The smallest absolute Gasteiger partial charge is 0.350 e. The van der Waals surface area contributed by atoms with Crippen LogP contribution in [0.1, 0.15) is 66.7 Å². The highest BCUT2D eigenvalue weighted by atomic mass is 19.4. The molecule has 0 aromatic rings. The molecule has 210 valence electrons. The zero-order chi connectivity index (χ0) is 28.4. The first kappa shape index (κ1) is 28.2. The number of carbonyl (C=O) groups excluding carboxylic acids is 4. The van der Waals surface area contributed by atoms with E-state index >= 15 is 0 Å². The van der Waals surface area contributed by atoms with Gasteiger partial charge in [-0.3, -0.25) is 19.2 Å². The Morgan fingerprint density at radius 3 is 2.29 bits per heavy atom. The average molecular weight is 540 g/mol. The van der Waals surface area contributed by atoms with Gasteiger partial charge >= 0.3 is 12.1 Å². The van der Waals surface area contributed by atoms with Gasteiger partial charge in [0.05, 0.1) is 6.07 Å². The van der Waals surface area contributed by atoms with Crippen LogP contribution in [0.2, 0.25) is 0 Å². The lowest BCUT2D eigenvalue weighted by Crippen LogP contribution is -2.61. The molecule has 0 radical (unpaired) electrons. The first-order chi connectivity index (χ1) is 17.4. The topological polar surface area (TPSA) is 131 Å². The molecule has 3 N–H and O–H groups in total. The number of rotatable bonds is 6. The van der Waals surface area contributed by atoms with Crippen molar-refractivity contribution >= 4 is 23.6 Å². The van der Waals surface area contributed by atoms with E-state index in [1.54, 1.807) is 0 Å². The third-order valence-corrected chi connectivity index (χ3v) is 8.98. The molecular weight excluding hydrogens is 503 g/mol. The van der Waals surface area contributed by atoms with Crippen LogP contribution in [0, 0.1) is 39.9 Å². The molecule has 38 heavy (non-hydrogen) atoms. The summed E-state index contributed by atoms with van der Waals surface area (Å²) in [5, 5.41) is 17.3. The predicted octanol–water partition coefficient (Wildman–Crippen LogP) is 2.02. The highest BCUT2D eigenvalue weighted by Crippen LogP contribution is 2.65. The third-order valence-electron chi connectivity index (χ3n) is 8.98. The fraction of sp³-hybridized carbons (Fsp3) is 0.808. The molecule has 2 aliphatic carbocycles. The summed E-state index contributed by atoms with van der Waals surface area (Å²) >= 11 is 0. The highest BCUT2D eigenvalue weighted by molar-refractivity contribution is 5.95. The minimum atomic E-state index is -5.17. The van der Waals surface area contributed by atoms with Gasteiger partial charge < -0.3 is 20.9 Å². The van der Waals surface area contributed by atoms with Gasteiger partial charge in [0, 0.05) is 18.0 Å². The van der Waals surface area contributed by atoms with Crippen molar-refractivity contribution in [2.75, 3.05) is 6.54 Å². The number of hydrogen-bond donors (Lipinski definition) is 3. The quantitative estimate of drug-likeness (QED) is 0.475. The Balaban J connectivity index is 1.49. The molecule has 2 saturated carbocycles. The molecule has 12 heteroatoms. The predicted molar refractivity (Wildman–Crippen MR) is 129 cm³/mol. The van der Waals surface area contributed by atoms with Crippen molar-refractivity contribution in [3.05, 3.63) is 0 Å². The number of alkyl halides is 3. The van der Waals surface area contributed by atoms with Gasteiger partial charge in [0.1, 0.15) is 18.1 Å². The summed E-state index contributed by atoms with van der Waals surface area (Å²) in [5.41, 5.74) is -1.43. The molecular formula is C26H36F3N5O4. The summed E-state index contributed by atoms with van der Waals surface area (Å²) in [5.74, 6) is -4.39. The normalized spacial score (nSPS) is 30.4. The molecule has 0 aromatic heterocycles. The van der Waals surface area contributed by atoms with Crippen LogP contribution in [-0.2, 0) is 19.2 Å². The number of amides is 4. The SMILES string of the molecule is CC(C)(C)[C@H](NC(=O)C(F)(F)F)C(=O)N1C[C@H]2[C@@H]([C@H]1C(=O)N[C@H](C#N)C[C@@H]1CCC3(CC3)NC1=O)C2(C)C. The number of nitriles is 1. The second kappa shape index (κ2) is 9.12. The highest BCUT2D eigenvalue weighted by Gasteiger charge is 2.70. The molecule has 1 spiro atoms. The number of piperidine rings is 2. The zero-order valence-electron chi connectivity index (χ0n) is 22.4. The van der Waals surface area contributed by atoms with Gasteiger partial charge in [-0.1, -0.05) is 34.6 Å². The van der Waals surface area contributed by atoms with Crippen molar-refractivity contribution in [1.29, 1.82) is 5.26 Å². The molecule has 4 amide bonds. The van der Waals surface area contributed by atoms with Crippen molar-refractivity contribution in [2.45, 2.75) is 96.6 Å². The van der Waals surface area contributed by atoms with Gasteiger partial charge in [-0.25, -0.2) is 0 Å². The standard InChI is InChI=1S/C26H36F3N5O4/c1-23(2,3)18(32-22(38)26(27,28)29)21(37)34-12-15-16(24(15,4)5)17(34)20(36)31-14(11-30)10-13-6-7-25(8-9-25)33-19(13)35/h13-18H,6-10,12H2,1-5H3,(H,31,36)(H,32,38)(H,33,35)/t13-,14-,15-,16-,17-,18+/m0/s1. The lowest BCUT2D eigenvalue weighted by molar-refractivity contribution is -0.176. The molecule has 0 unspecified atom stereocenters. The summed E-state index contributed by atoms with van der Waals surface area (Å²) in [6.07, 6.45) is -1.68. The largest absolute Gasteiger partial charge is 0.471 e. The van der Waals surface area contributed by atoms with E-state index in [1.807, 2.05) is 25.2 Å². The Bertz CT molecular complexity index is 1070. The van der Waals surface area contributed by atoms with Crippen LogP contribution in [0.3, 0.4) is 0 Å². The van der Waals surface area contributed by atoms with Crippen LogP contribution < -0.4 is 16.0 Å². The monoisotopic (exact) mass is 539 g/mol. The summed E-state index contributed by atoms with van der Waals surface area (Å²) in [7, 11) is 0. The molecule has 2 heterocycles. The van der Waals surface area contributed by atoms with Gasteiger partial charge in [-0.15, -0.1) is 0 Å². The van der Waals surface area contributed by atoms with Gasteiger partial charge in [0.25, 0.3) is 0 Å². The van der Waals surface area contributed by atoms with E-state index in [4.69, 9.17) is 0 Å². The minimum absolute atomic E-state index is 0.0412. The number of hydrogen-bond acceptors (Lipinski definition) is 5. The third kappa shape index (κ3) is 5.21. The molecule has 4 fully saturated rings. The maximum atomic E-state index is 13.6. The maximum absolute atomic E-state index is 13.6. The van der Waals surface area contributed by atoms with Crippen LogP contribution >= 0.6 is 0 Å². The number of carbonyl (C=O) groups is 4. The lowest BCUT2D eigenvalue weighted by atomic mass is 9.85. The Morgan fingerprint density at radius 2 is 1.79 bits per heavy atom. The van der Waals surface area contributed by atoms with Crippen LogP contribution in [0.25, 0.3) is 0 Å². The van der Waals surface area contributed by atoms with E-state index in [9.17, 15) is 37.6 Å². The van der Waals surface area contributed by atoms with Crippen molar-refractivity contribution < 1.29 is 32.3 Å². The fourth-order valence-corrected chi connectivity index (χ4v) is 6.28. The van der Waals surface area contributed by atoms with Gasteiger partial charge in [-0.05, 0) is 54.8 Å². The molecule has 4 aliphatic rings. The Hall–Kier alpha value is -2.84. The summed E-state index contributed by atoms with van der Waals surface area (Å²) in [4.78, 5) is 52.6. The summed E-state index contributed by atoms with van der Waals surface area (Å²) in [6, 6.07) is -1.43. The fourth-order valence-electron chi connectivity index (χ4n) is 6.28. The lowest BCUT2D eigenvalue weighted by Gasteiger charge is -2.38. The van der Waals surface area contributed by atoms with E-state index < -0.39 is 53.4 Å². The van der Waals surface area contributed by atoms with E-state index in [0.717, 1.165) is 19.3 Å². The minimum Gasteiger partial charge on any atom is -0.350 e. The molecule has 2 saturated heterocycles. The molecule has 4 rings (SSSR count). The maximum Gasteiger partial charge on any atom is 0.471 e. The summed E-state index contributed by atoms with van der Waals surface area (Å²) in [6.45, 7) is 8.68. The van der Waals surface area contributed by atoms with Crippen molar-refractivity contribution in [1.82, 2.24) is 20.9 Å². The number of nitrogens with zero attached hydrogens (tertiary/aromatic N) is 2. The zero-order valence-corrected chi connectivity index (χ0v) is 22.4. The molecule has 2 aliphatic heterocycles. The Kier molecular flexibility index (Phi) is 6.77. The van der Waals surface area contributed by atoms with E-state index in [-0.39, 0.29) is 41.7 Å². The van der Waals surface area contributed by atoms with Crippen LogP contribution in [0.5, 0.6) is 0 Å². The van der Waals surface area contributed by atoms with Crippen LogP contribution in [0.4, 0.5) is 13.2 Å². The number of likely N-dealkylation sites (tertiary alicyclic amines) is 1. The van der Waals surface area contributed by atoms with Crippen LogP contribution in [0.15, 0.2) is 0 Å². The van der Waals surface area contributed by atoms with Gasteiger partial charge in [0.2, 0.25) is 17.7 Å². The second-order valence-corrected chi connectivity index (χ2v) is 13.1. The van der Waals surface area contributed by atoms with E-state index in [0.29, 0.717) is 6.42 Å². The molecule has 0 aromatic carbocycles. The van der Waals surface area contributed by atoms with Crippen molar-refractivity contribution in [3.8, 4) is 6.07 Å². The number of nitrogens with one attached hydrogen (secondary N) is 3. The molecule has 6 atom stereocenters. The van der Waals surface area contributed by atoms with Gasteiger partial charge in [-0.2, -0.15) is 18.4 Å². The summed E-state index contributed by atoms with van der Waals surface area (Å²) < 4.78 is 39.0. The average Bonchev–Trinajstić information content (AvgIpc) is 3.58. The molecule has 0 bridgehead atoms. The first-order valence-corrected chi connectivity index (χ1v) is 13.1.